The number of hydrogen-bond acceptors (Lipinski definition) is 3. The van der Waals surface area contributed by atoms with Gasteiger partial charge in [0.2, 0.25) is 5.91 Å². The third kappa shape index (κ3) is 2.94. The molecule has 1 aromatic carbocycles. The van der Waals surface area contributed by atoms with Crippen molar-refractivity contribution >= 4 is 23.4 Å². The molecule has 3 nitrogen and oxygen atoms in total. The lowest BCUT2D eigenvalue weighted by Gasteiger charge is -2.21. The fourth-order valence-corrected chi connectivity index (χ4v) is 3.30. The average molecular weight is 250 g/mol. The molecule has 1 aliphatic heterocycles. The summed E-state index contributed by atoms with van der Waals surface area (Å²) in [6.45, 7) is 0.600. The fourth-order valence-electron chi connectivity index (χ4n) is 2.03. The average Bonchev–Trinajstić information content (AvgIpc) is 2.84. The van der Waals surface area contributed by atoms with Gasteiger partial charge in [-0.25, -0.2) is 0 Å². The lowest BCUT2D eigenvalue weighted by Crippen LogP contribution is -2.33. The quantitative estimate of drug-likeness (QED) is 0.836. The number of carbonyl (C=O) groups is 1. The van der Waals surface area contributed by atoms with Crippen LogP contribution >= 0.6 is 11.8 Å². The number of carbonyl (C=O) groups excluding carboxylic acids is 1. The van der Waals surface area contributed by atoms with Crippen molar-refractivity contribution in [1.29, 1.82) is 0 Å². The molecule has 17 heavy (non-hydrogen) atoms. The van der Waals surface area contributed by atoms with Crippen LogP contribution in [0, 0.1) is 0 Å². The zero-order valence-corrected chi connectivity index (χ0v) is 10.9. The molecule has 1 saturated heterocycles. The predicted molar refractivity (Wildman–Crippen MR) is 72.8 cm³/mol. The number of nitrogens with zero attached hydrogens (tertiary/aromatic N) is 1. The molecule has 0 bridgehead atoms. The lowest BCUT2D eigenvalue weighted by atomic mass is 10.1. The van der Waals surface area contributed by atoms with Crippen molar-refractivity contribution in [2.75, 3.05) is 18.5 Å². The van der Waals surface area contributed by atoms with Crippen molar-refractivity contribution in [2.24, 2.45) is 0 Å². The molecule has 0 spiro atoms. The number of nitrogens with two attached hydrogens (primary N) is 1. The second-order valence-electron chi connectivity index (χ2n) is 4.39. The molecule has 1 aliphatic rings. The first-order chi connectivity index (χ1) is 8.18. The fraction of sp³-hybridized carbons (Fsp3) is 0.462. The van der Waals surface area contributed by atoms with E-state index >= 15 is 0 Å². The Morgan fingerprint density at radius 3 is 2.94 bits per heavy atom. The Morgan fingerprint density at radius 1 is 1.53 bits per heavy atom. The summed E-state index contributed by atoms with van der Waals surface area (Å²) in [7, 11) is 1.85. The van der Waals surface area contributed by atoms with Gasteiger partial charge in [-0.3, -0.25) is 4.79 Å². The first-order valence-electron chi connectivity index (χ1n) is 5.88. The number of thioether (sulfide) groups is 1. The Hall–Kier alpha value is -1.16. The standard InChI is InChI=1S/C13H18N2OS/c1-15(13(16)12-7-4-8-17-12)9-10-5-2-3-6-11(10)14/h2-3,5-6,12H,4,7-9,14H2,1H3. The van der Waals surface area contributed by atoms with Gasteiger partial charge < -0.3 is 10.6 Å². The Balaban J connectivity index is 1.99. The van der Waals surface area contributed by atoms with Crippen LogP contribution in [0.5, 0.6) is 0 Å². The van der Waals surface area contributed by atoms with E-state index in [0.29, 0.717) is 6.54 Å². The SMILES string of the molecule is CN(Cc1ccccc1N)C(=O)C1CCCS1. The summed E-state index contributed by atoms with van der Waals surface area (Å²) >= 11 is 1.77. The van der Waals surface area contributed by atoms with Gasteiger partial charge in [-0.2, -0.15) is 0 Å². The summed E-state index contributed by atoms with van der Waals surface area (Å²) in [6.07, 6.45) is 2.17. The number of rotatable bonds is 3. The third-order valence-electron chi connectivity index (χ3n) is 3.04. The molecule has 4 heteroatoms. The van der Waals surface area contributed by atoms with Crippen molar-refractivity contribution in [3.05, 3.63) is 29.8 Å². The number of benzene rings is 1. The zero-order valence-electron chi connectivity index (χ0n) is 10.1. The number of anilines is 1. The normalized spacial score (nSPS) is 19.2. The molecule has 0 aromatic heterocycles. The minimum Gasteiger partial charge on any atom is -0.398 e. The molecule has 92 valence electrons. The zero-order chi connectivity index (χ0) is 12.3. The molecule has 1 heterocycles. The molecular formula is C13H18N2OS. The van der Waals surface area contributed by atoms with Crippen LogP contribution < -0.4 is 5.73 Å². The summed E-state index contributed by atoms with van der Waals surface area (Å²) in [5.41, 5.74) is 7.65. The Morgan fingerprint density at radius 2 is 2.29 bits per heavy atom. The summed E-state index contributed by atoms with van der Waals surface area (Å²) in [5.74, 6) is 1.34. The van der Waals surface area contributed by atoms with E-state index in [1.807, 2.05) is 31.3 Å². The van der Waals surface area contributed by atoms with Gasteiger partial charge in [0.1, 0.15) is 0 Å². The predicted octanol–water partition coefficient (Wildman–Crippen LogP) is 2.12. The van der Waals surface area contributed by atoms with Gasteiger partial charge in [-0.15, -0.1) is 11.8 Å². The highest BCUT2D eigenvalue weighted by molar-refractivity contribution is 8.00. The number of amides is 1. The summed E-state index contributed by atoms with van der Waals surface area (Å²) in [6, 6.07) is 7.71. The van der Waals surface area contributed by atoms with Crippen molar-refractivity contribution in [1.82, 2.24) is 4.90 Å². The Labute approximate surface area is 106 Å². The van der Waals surface area contributed by atoms with Gasteiger partial charge in [0.05, 0.1) is 5.25 Å². The van der Waals surface area contributed by atoms with E-state index in [4.69, 9.17) is 5.73 Å². The van der Waals surface area contributed by atoms with E-state index < -0.39 is 0 Å². The molecule has 0 aliphatic carbocycles. The second-order valence-corrected chi connectivity index (χ2v) is 5.71. The highest BCUT2D eigenvalue weighted by Crippen LogP contribution is 2.28. The minimum absolute atomic E-state index is 0.157. The third-order valence-corrected chi connectivity index (χ3v) is 4.41. The van der Waals surface area contributed by atoms with Crippen LogP contribution in [-0.4, -0.2) is 28.9 Å². The number of hydrogen-bond donors (Lipinski definition) is 1. The molecule has 0 radical (unpaired) electrons. The minimum atomic E-state index is 0.157. The van der Waals surface area contributed by atoms with Gasteiger partial charge in [0.25, 0.3) is 0 Å². The highest BCUT2D eigenvalue weighted by Gasteiger charge is 2.26. The van der Waals surface area contributed by atoms with Gasteiger partial charge in [0.15, 0.2) is 0 Å². The number of para-hydroxylation sites is 1. The van der Waals surface area contributed by atoms with Gasteiger partial charge in [0, 0.05) is 19.3 Å². The first-order valence-corrected chi connectivity index (χ1v) is 6.93. The van der Waals surface area contributed by atoms with Gasteiger partial charge in [-0.1, -0.05) is 18.2 Å². The maximum absolute atomic E-state index is 12.1. The summed E-state index contributed by atoms with van der Waals surface area (Å²) in [4.78, 5) is 13.9. The lowest BCUT2D eigenvalue weighted by molar-refractivity contribution is -0.129. The van der Waals surface area contributed by atoms with Crippen molar-refractivity contribution < 1.29 is 4.79 Å². The van der Waals surface area contributed by atoms with Crippen molar-refractivity contribution in [2.45, 2.75) is 24.6 Å². The van der Waals surface area contributed by atoms with Crippen LogP contribution in [0.15, 0.2) is 24.3 Å². The maximum atomic E-state index is 12.1. The molecule has 1 unspecified atom stereocenters. The monoisotopic (exact) mass is 250 g/mol. The van der Waals surface area contributed by atoms with Crippen LogP contribution in [0.3, 0.4) is 0 Å². The molecule has 1 fully saturated rings. The molecule has 1 amide bonds. The van der Waals surface area contributed by atoms with Crippen LogP contribution in [0.1, 0.15) is 18.4 Å². The second kappa shape index (κ2) is 5.45. The Bertz CT molecular complexity index is 402. The smallest absolute Gasteiger partial charge is 0.235 e. The largest absolute Gasteiger partial charge is 0.398 e. The van der Waals surface area contributed by atoms with Gasteiger partial charge in [-0.05, 0) is 30.2 Å². The van der Waals surface area contributed by atoms with E-state index in [9.17, 15) is 4.79 Å². The molecule has 0 saturated carbocycles. The van der Waals surface area contributed by atoms with Crippen LogP contribution in [0.2, 0.25) is 0 Å². The van der Waals surface area contributed by atoms with E-state index in [1.54, 1.807) is 16.7 Å². The van der Waals surface area contributed by atoms with E-state index in [1.165, 1.54) is 0 Å². The Kier molecular flexibility index (Phi) is 3.94. The maximum Gasteiger partial charge on any atom is 0.235 e. The molecule has 2 N–H and O–H groups in total. The molecule has 2 rings (SSSR count). The summed E-state index contributed by atoms with van der Waals surface area (Å²) < 4.78 is 0. The van der Waals surface area contributed by atoms with Crippen molar-refractivity contribution in [3.63, 3.8) is 0 Å². The van der Waals surface area contributed by atoms with E-state index in [2.05, 4.69) is 0 Å². The van der Waals surface area contributed by atoms with E-state index in [-0.39, 0.29) is 11.2 Å². The van der Waals surface area contributed by atoms with E-state index in [0.717, 1.165) is 29.8 Å². The number of nitrogen functional groups attached to an aromatic ring is 1. The first kappa shape index (κ1) is 12.3. The van der Waals surface area contributed by atoms with Crippen molar-refractivity contribution in [3.8, 4) is 0 Å². The topological polar surface area (TPSA) is 46.3 Å². The van der Waals surface area contributed by atoms with Crippen LogP contribution in [0.4, 0.5) is 5.69 Å². The molecular weight excluding hydrogens is 232 g/mol. The summed E-state index contributed by atoms with van der Waals surface area (Å²) in [5, 5.41) is 0.157. The highest BCUT2D eigenvalue weighted by atomic mass is 32.2. The molecule has 1 aromatic rings. The molecule has 1 atom stereocenters. The van der Waals surface area contributed by atoms with Gasteiger partial charge >= 0.3 is 0 Å². The van der Waals surface area contributed by atoms with Crippen LogP contribution in [0.25, 0.3) is 0 Å². The van der Waals surface area contributed by atoms with Crippen LogP contribution in [-0.2, 0) is 11.3 Å².